The van der Waals surface area contributed by atoms with Crippen molar-refractivity contribution in [3.63, 3.8) is 0 Å². The number of methoxy groups -OCH3 is 1. The number of aromatic nitrogens is 2. The lowest BCUT2D eigenvalue weighted by molar-refractivity contribution is 0.0515. The SMILES string of the molecule is CCOC(=O)c1nc(-c2cccc(N)c2C=N)nc(N2CCOCC2)c1OC. The van der Waals surface area contributed by atoms with Crippen LogP contribution in [0.25, 0.3) is 11.4 Å². The fourth-order valence-electron chi connectivity index (χ4n) is 3.01. The first-order chi connectivity index (χ1) is 13.6. The molecule has 1 aliphatic rings. The Kier molecular flexibility index (Phi) is 6.05. The molecule has 9 nitrogen and oxygen atoms in total. The molecule has 3 rings (SSSR count). The van der Waals surface area contributed by atoms with E-state index in [1.807, 2.05) is 4.90 Å². The Balaban J connectivity index is 2.23. The van der Waals surface area contributed by atoms with Crippen molar-refractivity contribution in [2.45, 2.75) is 6.92 Å². The third-order valence-corrected chi connectivity index (χ3v) is 4.36. The third kappa shape index (κ3) is 3.74. The molecule has 0 unspecified atom stereocenters. The monoisotopic (exact) mass is 385 g/mol. The predicted molar refractivity (Wildman–Crippen MR) is 105 cm³/mol. The van der Waals surface area contributed by atoms with Crippen LogP contribution in [0.3, 0.4) is 0 Å². The quantitative estimate of drug-likeness (QED) is 0.438. The van der Waals surface area contributed by atoms with Gasteiger partial charge in [-0.3, -0.25) is 0 Å². The van der Waals surface area contributed by atoms with E-state index in [0.717, 1.165) is 6.21 Å². The van der Waals surface area contributed by atoms with Crippen molar-refractivity contribution >= 4 is 23.7 Å². The van der Waals surface area contributed by atoms with Crippen LogP contribution in [0.5, 0.6) is 5.75 Å². The van der Waals surface area contributed by atoms with E-state index in [4.69, 9.17) is 25.4 Å². The van der Waals surface area contributed by atoms with Crippen LogP contribution in [-0.4, -0.2) is 62.2 Å². The number of nitrogens with one attached hydrogen (secondary N) is 1. The topological polar surface area (TPSA) is 124 Å². The fraction of sp³-hybridized carbons (Fsp3) is 0.368. The summed E-state index contributed by atoms with van der Waals surface area (Å²) in [4.78, 5) is 23.6. The molecule has 148 valence electrons. The number of carbonyl (C=O) groups excluding carboxylic acids is 1. The van der Waals surface area contributed by atoms with Crippen molar-refractivity contribution in [3.8, 4) is 17.1 Å². The molecule has 1 fully saturated rings. The Hall–Kier alpha value is -3.20. The molecular formula is C19H23N5O4. The lowest BCUT2D eigenvalue weighted by Gasteiger charge is -2.29. The number of esters is 1. The third-order valence-electron chi connectivity index (χ3n) is 4.36. The minimum Gasteiger partial charge on any atom is -0.491 e. The van der Waals surface area contributed by atoms with Crippen LogP contribution >= 0.6 is 0 Å². The van der Waals surface area contributed by atoms with E-state index in [1.165, 1.54) is 7.11 Å². The molecule has 0 saturated carbocycles. The second kappa shape index (κ2) is 8.66. The van der Waals surface area contributed by atoms with Gasteiger partial charge in [-0.1, -0.05) is 12.1 Å². The van der Waals surface area contributed by atoms with Crippen molar-refractivity contribution in [1.29, 1.82) is 5.41 Å². The van der Waals surface area contributed by atoms with Gasteiger partial charge < -0.3 is 30.3 Å². The number of ether oxygens (including phenoxy) is 3. The molecule has 1 aliphatic heterocycles. The first-order valence-electron chi connectivity index (χ1n) is 8.95. The molecule has 2 heterocycles. The standard InChI is InChI=1S/C19H23N5O4/c1-3-28-19(25)15-16(26-2)18(24-7-9-27-10-8-24)23-17(22-15)12-5-4-6-14(21)13(12)11-20/h4-6,11,20H,3,7-10,21H2,1-2H3. The fourth-order valence-corrected chi connectivity index (χ4v) is 3.01. The number of carbonyl (C=O) groups is 1. The summed E-state index contributed by atoms with van der Waals surface area (Å²) in [7, 11) is 1.47. The van der Waals surface area contributed by atoms with Gasteiger partial charge in [0, 0.05) is 36.1 Å². The molecule has 0 bridgehead atoms. The molecular weight excluding hydrogens is 362 g/mol. The average molecular weight is 385 g/mol. The average Bonchev–Trinajstić information content (AvgIpc) is 2.73. The lowest BCUT2D eigenvalue weighted by atomic mass is 10.1. The van der Waals surface area contributed by atoms with E-state index in [2.05, 4.69) is 9.97 Å². The minimum atomic E-state index is -0.599. The zero-order valence-electron chi connectivity index (χ0n) is 15.9. The highest BCUT2D eigenvalue weighted by molar-refractivity contribution is 5.96. The van der Waals surface area contributed by atoms with E-state index in [1.54, 1.807) is 25.1 Å². The molecule has 1 aromatic heterocycles. The molecule has 3 N–H and O–H groups in total. The summed E-state index contributed by atoms with van der Waals surface area (Å²) >= 11 is 0. The van der Waals surface area contributed by atoms with Crippen LogP contribution in [0.15, 0.2) is 18.2 Å². The Bertz CT molecular complexity index is 881. The molecule has 0 spiro atoms. The molecule has 0 amide bonds. The molecule has 0 aliphatic carbocycles. The summed E-state index contributed by atoms with van der Waals surface area (Å²) in [6.07, 6.45) is 1.15. The van der Waals surface area contributed by atoms with Crippen molar-refractivity contribution < 1.29 is 19.0 Å². The number of nitrogen functional groups attached to an aromatic ring is 1. The highest BCUT2D eigenvalue weighted by Gasteiger charge is 2.27. The summed E-state index contributed by atoms with van der Waals surface area (Å²) < 4.78 is 16.1. The second-order valence-electron chi connectivity index (χ2n) is 6.03. The molecule has 9 heteroatoms. The maximum absolute atomic E-state index is 12.6. The van der Waals surface area contributed by atoms with Gasteiger partial charge in [0.1, 0.15) is 0 Å². The lowest BCUT2D eigenvalue weighted by Crippen LogP contribution is -2.37. The van der Waals surface area contributed by atoms with Gasteiger partial charge in [0.15, 0.2) is 23.1 Å². The Morgan fingerprint density at radius 3 is 2.75 bits per heavy atom. The number of hydrogen-bond acceptors (Lipinski definition) is 9. The van der Waals surface area contributed by atoms with E-state index in [0.29, 0.717) is 48.9 Å². The van der Waals surface area contributed by atoms with Crippen LogP contribution in [-0.2, 0) is 9.47 Å². The van der Waals surface area contributed by atoms with Gasteiger partial charge in [-0.05, 0) is 13.0 Å². The first kappa shape index (κ1) is 19.6. The van der Waals surface area contributed by atoms with Gasteiger partial charge in [0.2, 0.25) is 0 Å². The first-order valence-corrected chi connectivity index (χ1v) is 8.95. The van der Waals surface area contributed by atoms with Crippen molar-refractivity contribution in [1.82, 2.24) is 9.97 Å². The number of nitrogens with two attached hydrogens (primary N) is 1. The van der Waals surface area contributed by atoms with Crippen LogP contribution in [0.2, 0.25) is 0 Å². The summed E-state index contributed by atoms with van der Waals surface area (Å²) in [6, 6.07) is 5.21. The molecule has 28 heavy (non-hydrogen) atoms. The zero-order valence-corrected chi connectivity index (χ0v) is 15.9. The number of anilines is 2. The molecule has 0 atom stereocenters. The summed E-state index contributed by atoms with van der Waals surface area (Å²) in [5, 5.41) is 7.70. The molecule has 0 radical (unpaired) electrons. The van der Waals surface area contributed by atoms with Gasteiger partial charge in [0.05, 0.1) is 26.9 Å². The summed E-state index contributed by atoms with van der Waals surface area (Å²) in [6.45, 7) is 4.22. The Labute approximate surface area is 162 Å². The number of morpholine rings is 1. The summed E-state index contributed by atoms with van der Waals surface area (Å²) in [5.41, 5.74) is 7.50. The van der Waals surface area contributed by atoms with Crippen LogP contribution in [0, 0.1) is 5.41 Å². The van der Waals surface area contributed by atoms with E-state index >= 15 is 0 Å². The number of hydrogen-bond donors (Lipinski definition) is 2. The molecule has 1 aromatic carbocycles. The number of rotatable bonds is 6. The number of nitrogens with zero attached hydrogens (tertiary/aromatic N) is 3. The zero-order chi connectivity index (χ0) is 20.1. The van der Waals surface area contributed by atoms with E-state index in [9.17, 15) is 4.79 Å². The Morgan fingerprint density at radius 2 is 2.11 bits per heavy atom. The number of benzene rings is 1. The minimum absolute atomic E-state index is 0.0363. The smallest absolute Gasteiger partial charge is 0.361 e. The van der Waals surface area contributed by atoms with Gasteiger partial charge in [-0.2, -0.15) is 0 Å². The van der Waals surface area contributed by atoms with Crippen molar-refractivity contribution in [2.24, 2.45) is 0 Å². The van der Waals surface area contributed by atoms with Gasteiger partial charge in [-0.15, -0.1) is 0 Å². The van der Waals surface area contributed by atoms with E-state index in [-0.39, 0.29) is 23.9 Å². The Morgan fingerprint density at radius 1 is 1.36 bits per heavy atom. The second-order valence-corrected chi connectivity index (χ2v) is 6.03. The maximum Gasteiger partial charge on any atom is 0.361 e. The highest BCUT2D eigenvalue weighted by atomic mass is 16.5. The van der Waals surface area contributed by atoms with Gasteiger partial charge in [0.25, 0.3) is 0 Å². The van der Waals surface area contributed by atoms with Crippen LogP contribution < -0.4 is 15.4 Å². The predicted octanol–water partition coefficient (Wildman–Crippen LogP) is 1.75. The van der Waals surface area contributed by atoms with E-state index < -0.39 is 5.97 Å². The van der Waals surface area contributed by atoms with Crippen molar-refractivity contribution in [3.05, 3.63) is 29.5 Å². The van der Waals surface area contributed by atoms with Gasteiger partial charge >= 0.3 is 5.97 Å². The molecule has 2 aromatic rings. The van der Waals surface area contributed by atoms with Gasteiger partial charge in [-0.25, -0.2) is 14.8 Å². The van der Waals surface area contributed by atoms with Crippen LogP contribution in [0.4, 0.5) is 11.5 Å². The van der Waals surface area contributed by atoms with Crippen LogP contribution in [0.1, 0.15) is 23.0 Å². The summed E-state index contributed by atoms with van der Waals surface area (Å²) in [5.74, 6) is 0.413. The largest absolute Gasteiger partial charge is 0.491 e. The molecule has 1 saturated heterocycles. The van der Waals surface area contributed by atoms with Crippen molar-refractivity contribution in [2.75, 3.05) is 50.7 Å². The normalized spacial score (nSPS) is 13.9. The maximum atomic E-state index is 12.6. The highest BCUT2D eigenvalue weighted by Crippen LogP contribution is 2.34.